The number of halogens is 1. The van der Waals surface area contributed by atoms with Gasteiger partial charge in [-0.3, -0.25) is 4.68 Å². The molecule has 2 heterocycles. The summed E-state index contributed by atoms with van der Waals surface area (Å²) in [7, 11) is 0. The zero-order valence-electron chi connectivity index (χ0n) is 12.2. The Morgan fingerprint density at radius 2 is 2.15 bits per heavy atom. The van der Waals surface area contributed by atoms with Crippen molar-refractivity contribution < 1.29 is 5.11 Å². The van der Waals surface area contributed by atoms with Crippen molar-refractivity contribution in [3.05, 3.63) is 34.1 Å². The molecule has 0 saturated carbocycles. The minimum Gasteiger partial charge on any atom is -0.386 e. The smallest absolute Gasteiger partial charge is 0.101 e. The van der Waals surface area contributed by atoms with Crippen LogP contribution in [0.2, 0.25) is 0 Å². The topological polar surface area (TPSA) is 55.9 Å². The van der Waals surface area contributed by atoms with E-state index in [2.05, 4.69) is 39.9 Å². The van der Waals surface area contributed by atoms with E-state index in [1.54, 1.807) is 12.5 Å². The molecule has 0 radical (unpaired) electrons. The van der Waals surface area contributed by atoms with Gasteiger partial charge in [0.05, 0.1) is 34.1 Å². The number of aliphatic hydroxyl groups is 1. The highest BCUT2D eigenvalue weighted by molar-refractivity contribution is 9.10. The van der Waals surface area contributed by atoms with Crippen LogP contribution in [0.1, 0.15) is 43.5 Å². The first-order chi connectivity index (χ1) is 9.58. The third kappa shape index (κ3) is 2.96. The number of hydrogen-bond donors (Lipinski definition) is 1. The maximum atomic E-state index is 10.5. The van der Waals surface area contributed by atoms with Crippen molar-refractivity contribution in [1.82, 2.24) is 19.3 Å². The van der Waals surface area contributed by atoms with Crippen molar-refractivity contribution in [3.8, 4) is 0 Å². The average Bonchev–Trinajstić information content (AvgIpc) is 2.99. The van der Waals surface area contributed by atoms with Crippen LogP contribution in [0.15, 0.2) is 17.0 Å². The zero-order chi connectivity index (χ0) is 14.7. The van der Waals surface area contributed by atoms with E-state index in [0.717, 1.165) is 41.1 Å². The maximum absolute atomic E-state index is 10.5. The fraction of sp³-hybridized carbons (Fsp3) is 0.571. The van der Waals surface area contributed by atoms with Gasteiger partial charge in [0.15, 0.2) is 0 Å². The molecule has 0 fully saturated rings. The predicted molar refractivity (Wildman–Crippen MR) is 81.5 cm³/mol. The van der Waals surface area contributed by atoms with Gasteiger partial charge in [-0.05, 0) is 36.2 Å². The van der Waals surface area contributed by atoms with Gasteiger partial charge in [-0.15, -0.1) is 0 Å². The van der Waals surface area contributed by atoms with E-state index in [0.29, 0.717) is 6.42 Å². The molecule has 5 nitrogen and oxygen atoms in total. The molecule has 0 aliphatic carbocycles. The Morgan fingerprint density at radius 1 is 1.40 bits per heavy atom. The van der Waals surface area contributed by atoms with Crippen LogP contribution in [0.5, 0.6) is 0 Å². The van der Waals surface area contributed by atoms with Gasteiger partial charge in [-0.1, -0.05) is 6.92 Å². The highest BCUT2D eigenvalue weighted by Gasteiger charge is 2.19. The summed E-state index contributed by atoms with van der Waals surface area (Å²) in [4.78, 5) is 4.14. The standard InChI is InChI=1S/C14H21BrN4O/c1-4-6-18-9-16-8-12(18)13(20)7-11-14(15)10(3)17-19(11)5-2/h8-9,13,20H,4-7H2,1-3H3. The lowest BCUT2D eigenvalue weighted by Gasteiger charge is -2.14. The first-order valence-corrected chi connectivity index (χ1v) is 7.77. The molecule has 0 aliphatic rings. The fourth-order valence-corrected chi connectivity index (χ4v) is 2.83. The maximum Gasteiger partial charge on any atom is 0.101 e. The van der Waals surface area contributed by atoms with Crippen LogP contribution >= 0.6 is 15.9 Å². The van der Waals surface area contributed by atoms with E-state index in [-0.39, 0.29) is 0 Å². The van der Waals surface area contributed by atoms with Gasteiger partial charge in [0.2, 0.25) is 0 Å². The number of aliphatic hydroxyl groups excluding tert-OH is 1. The molecule has 0 spiro atoms. The van der Waals surface area contributed by atoms with Gasteiger partial charge < -0.3 is 9.67 Å². The lowest BCUT2D eigenvalue weighted by atomic mass is 10.1. The summed E-state index contributed by atoms with van der Waals surface area (Å²) in [5.74, 6) is 0. The van der Waals surface area contributed by atoms with Crippen LogP contribution in [-0.2, 0) is 19.5 Å². The number of imidazole rings is 1. The van der Waals surface area contributed by atoms with Crippen LogP contribution < -0.4 is 0 Å². The van der Waals surface area contributed by atoms with Crippen molar-refractivity contribution in [1.29, 1.82) is 0 Å². The molecule has 1 unspecified atom stereocenters. The minimum absolute atomic E-state index is 0.532. The Balaban J connectivity index is 2.23. The quantitative estimate of drug-likeness (QED) is 0.879. The van der Waals surface area contributed by atoms with Crippen LogP contribution in [0.3, 0.4) is 0 Å². The number of nitrogens with zero attached hydrogens (tertiary/aromatic N) is 4. The Bertz CT molecular complexity index is 576. The molecular weight excluding hydrogens is 320 g/mol. The first kappa shape index (κ1) is 15.3. The second-order valence-electron chi connectivity index (χ2n) is 4.89. The highest BCUT2D eigenvalue weighted by Crippen LogP contribution is 2.26. The van der Waals surface area contributed by atoms with Crippen LogP contribution in [0, 0.1) is 6.92 Å². The first-order valence-electron chi connectivity index (χ1n) is 6.98. The van der Waals surface area contributed by atoms with Crippen molar-refractivity contribution in [2.24, 2.45) is 0 Å². The summed E-state index contributed by atoms with van der Waals surface area (Å²) in [6.07, 6.45) is 4.51. The van der Waals surface area contributed by atoms with E-state index in [4.69, 9.17) is 0 Å². The molecule has 0 saturated heterocycles. The van der Waals surface area contributed by atoms with Crippen molar-refractivity contribution in [2.45, 2.75) is 52.8 Å². The summed E-state index contributed by atoms with van der Waals surface area (Å²) < 4.78 is 4.93. The largest absolute Gasteiger partial charge is 0.386 e. The summed E-state index contributed by atoms with van der Waals surface area (Å²) in [5, 5.41) is 15.0. The van der Waals surface area contributed by atoms with Gasteiger partial charge in [0.25, 0.3) is 0 Å². The van der Waals surface area contributed by atoms with Crippen molar-refractivity contribution in [3.63, 3.8) is 0 Å². The Kier molecular flexibility index (Phi) is 4.99. The van der Waals surface area contributed by atoms with Crippen molar-refractivity contribution in [2.75, 3.05) is 0 Å². The molecule has 0 amide bonds. The molecule has 110 valence electrons. The molecule has 0 bridgehead atoms. The Labute approximate surface area is 127 Å². The SMILES string of the molecule is CCCn1cncc1C(O)Cc1c(Br)c(C)nn1CC. The van der Waals surface area contributed by atoms with E-state index in [1.165, 1.54) is 0 Å². The Morgan fingerprint density at radius 3 is 2.80 bits per heavy atom. The Hall–Kier alpha value is -1.14. The zero-order valence-corrected chi connectivity index (χ0v) is 13.8. The third-order valence-corrected chi connectivity index (χ3v) is 4.42. The lowest BCUT2D eigenvalue weighted by Crippen LogP contribution is -2.12. The third-order valence-electron chi connectivity index (χ3n) is 3.39. The molecular formula is C14H21BrN4O. The number of rotatable bonds is 6. The van der Waals surface area contributed by atoms with E-state index in [1.807, 2.05) is 16.2 Å². The van der Waals surface area contributed by atoms with Crippen molar-refractivity contribution >= 4 is 15.9 Å². The molecule has 2 rings (SSSR count). The van der Waals surface area contributed by atoms with Gasteiger partial charge in [-0.2, -0.15) is 5.10 Å². The molecule has 2 aromatic heterocycles. The van der Waals surface area contributed by atoms with Gasteiger partial charge >= 0.3 is 0 Å². The molecule has 0 aromatic carbocycles. The van der Waals surface area contributed by atoms with Gasteiger partial charge in [0.1, 0.15) is 6.10 Å². The van der Waals surface area contributed by atoms with E-state index in [9.17, 15) is 5.11 Å². The fourth-order valence-electron chi connectivity index (χ4n) is 2.39. The summed E-state index contributed by atoms with van der Waals surface area (Å²) in [5.41, 5.74) is 2.85. The molecule has 1 atom stereocenters. The second kappa shape index (κ2) is 6.54. The summed E-state index contributed by atoms with van der Waals surface area (Å²) in [6, 6.07) is 0. The van der Waals surface area contributed by atoms with Gasteiger partial charge in [0, 0.05) is 19.5 Å². The predicted octanol–water partition coefficient (Wildman–Crippen LogP) is 2.86. The average molecular weight is 341 g/mol. The molecule has 6 heteroatoms. The monoisotopic (exact) mass is 340 g/mol. The second-order valence-corrected chi connectivity index (χ2v) is 5.69. The minimum atomic E-state index is -0.568. The highest BCUT2D eigenvalue weighted by atomic mass is 79.9. The molecule has 1 N–H and O–H groups in total. The van der Waals surface area contributed by atoms with Gasteiger partial charge in [-0.25, -0.2) is 4.98 Å². The summed E-state index contributed by atoms with van der Waals surface area (Å²) >= 11 is 3.57. The number of hydrogen-bond acceptors (Lipinski definition) is 3. The molecule has 20 heavy (non-hydrogen) atoms. The van der Waals surface area contributed by atoms with E-state index < -0.39 is 6.10 Å². The summed E-state index contributed by atoms with van der Waals surface area (Å²) in [6.45, 7) is 7.80. The number of aryl methyl sites for hydroxylation is 3. The molecule has 2 aromatic rings. The van der Waals surface area contributed by atoms with Crippen LogP contribution in [0.4, 0.5) is 0 Å². The molecule has 0 aliphatic heterocycles. The van der Waals surface area contributed by atoms with Crippen LogP contribution in [-0.4, -0.2) is 24.4 Å². The van der Waals surface area contributed by atoms with E-state index >= 15 is 0 Å². The normalized spacial score (nSPS) is 12.8. The van der Waals surface area contributed by atoms with Crippen LogP contribution in [0.25, 0.3) is 0 Å². The lowest BCUT2D eigenvalue weighted by molar-refractivity contribution is 0.165. The number of aromatic nitrogens is 4.